The van der Waals surface area contributed by atoms with Crippen LogP contribution in [0.5, 0.6) is 5.75 Å². The van der Waals surface area contributed by atoms with Gasteiger partial charge in [0, 0.05) is 12.5 Å². The zero-order valence-electron chi connectivity index (χ0n) is 8.23. The summed E-state index contributed by atoms with van der Waals surface area (Å²) in [5, 5.41) is 8.75. The van der Waals surface area contributed by atoms with Crippen LogP contribution in [0, 0.1) is 5.92 Å². The second-order valence-electron chi connectivity index (χ2n) is 3.24. The summed E-state index contributed by atoms with van der Waals surface area (Å²) in [7, 11) is 0. The van der Waals surface area contributed by atoms with E-state index in [4.69, 9.17) is 15.6 Å². The van der Waals surface area contributed by atoms with Crippen molar-refractivity contribution in [3.8, 4) is 5.75 Å². The SMILES string of the molecule is NCC(CCO)COc1ccccc1. The highest BCUT2D eigenvalue weighted by Crippen LogP contribution is 2.10. The van der Waals surface area contributed by atoms with Crippen molar-refractivity contribution in [3.63, 3.8) is 0 Å². The minimum Gasteiger partial charge on any atom is -0.493 e. The minimum atomic E-state index is 0.167. The van der Waals surface area contributed by atoms with Crippen molar-refractivity contribution in [1.29, 1.82) is 0 Å². The van der Waals surface area contributed by atoms with Crippen molar-refractivity contribution < 1.29 is 9.84 Å². The van der Waals surface area contributed by atoms with Gasteiger partial charge in [-0.3, -0.25) is 0 Å². The van der Waals surface area contributed by atoms with E-state index in [0.29, 0.717) is 19.6 Å². The summed E-state index contributed by atoms with van der Waals surface area (Å²) in [6.07, 6.45) is 0.698. The molecule has 1 rings (SSSR count). The molecule has 14 heavy (non-hydrogen) atoms. The Bertz CT molecular complexity index is 238. The van der Waals surface area contributed by atoms with Gasteiger partial charge in [0.05, 0.1) is 6.61 Å². The van der Waals surface area contributed by atoms with Gasteiger partial charge >= 0.3 is 0 Å². The largest absolute Gasteiger partial charge is 0.493 e. The predicted molar refractivity (Wildman–Crippen MR) is 56.2 cm³/mol. The number of benzene rings is 1. The molecule has 0 fully saturated rings. The molecule has 0 bridgehead atoms. The van der Waals surface area contributed by atoms with E-state index in [1.54, 1.807) is 0 Å². The summed E-state index contributed by atoms with van der Waals surface area (Å²) in [5.41, 5.74) is 5.53. The monoisotopic (exact) mass is 195 g/mol. The molecule has 1 atom stereocenters. The van der Waals surface area contributed by atoms with Crippen LogP contribution in [0.1, 0.15) is 6.42 Å². The Morgan fingerprint density at radius 1 is 1.29 bits per heavy atom. The molecule has 0 amide bonds. The van der Waals surface area contributed by atoms with Crippen LogP contribution in [0.2, 0.25) is 0 Å². The number of para-hydroxylation sites is 1. The van der Waals surface area contributed by atoms with Crippen LogP contribution in [0.25, 0.3) is 0 Å². The Hall–Kier alpha value is -1.06. The summed E-state index contributed by atoms with van der Waals surface area (Å²) >= 11 is 0. The van der Waals surface area contributed by atoms with Gasteiger partial charge in [0.2, 0.25) is 0 Å². The Balaban J connectivity index is 2.32. The lowest BCUT2D eigenvalue weighted by Crippen LogP contribution is -2.22. The summed E-state index contributed by atoms with van der Waals surface area (Å²) < 4.78 is 5.52. The van der Waals surface area contributed by atoms with Crippen molar-refractivity contribution in [2.75, 3.05) is 19.8 Å². The van der Waals surface area contributed by atoms with Crippen LogP contribution >= 0.6 is 0 Å². The maximum atomic E-state index is 8.75. The fourth-order valence-corrected chi connectivity index (χ4v) is 1.18. The zero-order valence-corrected chi connectivity index (χ0v) is 8.23. The molecule has 78 valence electrons. The van der Waals surface area contributed by atoms with E-state index in [1.165, 1.54) is 0 Å². The third-order valence-electron chi connectivity index (χ3n) is 2.10. The molecule has 0 aromatic heterocycles. The normalized spacial score (nSPS) is 12.4. The smallest absolute Gasteiger partial charge is 0.119 e. The van der Waals surface area contributed by atoms with Crippen molar-refractivity contribution in [3.05, 3.63) is 30.3 Å². The third kappa shape index (κ3) is 3.77. The molecule has 0 heterocycles. The van der Waals surface area contributed by atoms with Gasteiger partial charge in [0.15, 0.2) is 0 Å². The Morgan fingerprint density at radius 3 is 2.57 bits per heavy atom. The first-order valence-corrected chi connectivity index (χ1v) is 4.85. The first-order chi connectivity index (χ1) is 6.86. The van der Waals surface area contributed by atoms with E-state index in [9.17, 15) is 0 Å². The van der Waals surface area contributed by atoms with E-state index in [-0.39, 0.29) is 12.5 Å². The lowest BCUT2D eigenvalue weighted by molar-refractivity contribution is 0.201. The minimum absolute atomic E-state index is 0.167. The highest BCUT2D eigenvalue weighted by molar-refractivity contribution is 5.20. The quantitative estimate of drug-likeness (QED) is 0.712. The Morgan fingerprint density at radius 2 is 2.00 bits per heavy atom. The number of nitrogens with two attached hydrogens (primary N) is 1. The van der Waals surface area contributed by atoms with Crippen LogP contribution in [-0.4, -0.2) is 24.9 Å². The first-order valence-electron chi connectivity index (χ1n) is 4.85. The molecule has 0 spiro atoms. The fraction of sp³-hybridized carbons (Fsp3) is 0.455. The van der Waals surface area contributed by atoms with E-state index in [2.05, 4.69) is 0 Å². The lowest BCUT2D eigenvalue weighted by Gasteiger charge is -2.14. The standard InChI is InChI=1S/C11H17NO2/c12-8-10(6-7-13)9-14-11-4-2-1-3-5-11/h1-5,10,13H,6-9,12H2. The number of aliphatic hydroxyl groups is 1. The van der Waals surface area contributed by atoms with Crippen molar-refractivity contribution in [2.24, 2.45) is 11.7 Å². The number of ether oxygens (including phenoxy) is 1. The highest BCUT2D eigenvalue weighted by atomic mass is 16.5. The van der Waals surface area contributed by atoms with Crippen molar-refractivity contribution >= 4 is 0 Å². The molecule has 3 nitrogen and oxygen atoms in total. The number of hydrogen-bond donors (Lipinski definition) is 2. The molecule has 0 aliphatic heterocycles. The zero-order chi connectivity index (χ0) is 10.2. The molecule has 3 N–H and O–H groups in total. The summed E-state index contributed by atoms with van der Waals surface area (Å²) in [6, 6.07) is 9.62. The number of rotatable bonds is 6. The van der Waals surface area contributed by atoms with Gasteiger partial charge in [0.25, 0.3) is 0 Å². The second-order valence-corrected chi connectivity index (χ2v) is 3.24. The molecule has 0 radical (unpaired) electrons. The maximum absolute atomic E-state index is 8.75. The topological polar surface area (TPSA) is 55.5 Å². The average molecular weight is 195 g/mol. The van der Waals surface area contributed by atoms with Crippen molar-refractivity contribution in [2.45, 2.75) is 6.42 Å². The summed E-state index contributed by atoms with van der Waals surface area (Å²) in [4.78, 5) is 0. The number of hydrogen-bond acceptors (Lipinski definition) is 3. The van der Waals surface area contributed by atoms with Crippen molar-refractivity contribution in [1.82, 2.24) is 0 Å². The molecular formula is C11H17NO2. The highest BCUT2D eigenvalue weighted by Gasteiger charge is 2.06. The molecule has 3 heteroatoms. The van der Waals surface area contributed by atoms with Gasteiger partial charge < -0.3 is 15.6 Å². The molecule has 1 aromatic rings. The van der Waals surface area contributed by atoms with Gasteiger partial charge in [-0.2, -0.15) is 0 Å². The second kappa shape index (κ2) is 6.40. The van der Waals surface area contributed by atoms with Crippen LogP contribution in [0.3, 0.4) is 0 Å². The van der Waals surface area contributed by atoms with Gasteiger partial charge in [0.1, 0.15) is 5.75 Å². The van der Waals surface area contributed by atoms with Gasteiger partial charge in [-0.05, 0) is 25.1 Å². The fourth-order valence-electron chi connectivity index (χ4n) is 1.18. The molecule has 0 saturated carbocycles. The van der Waals surface area contributed by atoms with E-state index < -0.39 is 0 Å². The van der Waals surface area contributed by atoms with Crippen LogP contribution in [0.4, 0.5) is 0 Å². The Kier molecular flexibility index (Phi) is 5.04. The summed E-state index contributed by atoms with van der Waals surface area (Å²) in [5.74, 6) is 1.09. The molecule has 0 aliphatic rings. The average Bonchev–Trinajstić information content (AvgIpc) is 2.25. The molecule has 0 saturated heterocycles. The Labute approximate surface area is 84.5 Å². The summed E-state index contributed by atoms with van der Waals surface area (Å²) in [6.45, 7) is 1.29. The number of aliphatic hydroxyl groups excluding tert-OH is 1. The van der Waals surface area contributed by atoms with Crippen LogP contribution < -0.4 is 10.5 Å². The third-order valence-corrected chi connectivity index (χ3v) is 2.10. The van der Waals surface area contributed by atoms with Gasteiger partial charge in [-0.15, -0.1) is 0 Å². The first kappa shape index (κ1) is 11.0. The lowest BCUT2D eigenvalue weighted by atomic mass is 10.1. The predicted octanol–water partition coefficient (Wildman–Crippen LogP) is 1.02. The van der Waals surface area contributed by atoms with Crippen LogP contribution in [0.15, 0.2) is 30.3 Å². The molecular weight excluding hydrogens is 178 g/mol. The van der Waals surface area contributed by atoms with E-state index in [0.717, 1.165) is 5.75 Å². The van der Waals surface area contributed by atoms with Crippen LogP contribution in [-0.2, 0) is 0 Å². The van der Waals surface area contributed by atoms with E-state index >= 15 is 0 Å². The van der Waals surface area contributed by atoms with Gasteiger partial charge in [-0.25, -0.2) is 0 Å². The van der Waals surface area contributed by atoms with Gasteiger partial charge in [-0.1, -0.05) is 18.2 Å². The maximum Gasteiger partial charge on any atom is 0.119 e. The molecule has 0 aliphatic carbocycles. The molecule has 1 aromatic carbocycles. The molecule has 1 unspecified atom stereocenters. The van der Waals surface area contributed by atoms with E-state index in [1.807, 2.05) is 30.3 Å².